The van der Waals surface area contributed by atoms with Crippen LogP contribution >= 0.6 is 11.8 Å². The van der Waals surface area contributed by atoms with E-state index in [0.717, 1.165) is 42.7 Å². The Morgan fingerprint density at radius 3 is 2.11 bits per heavy atom. The molecule has 3 aromatic rings. The van der Waals surface area contributed by atoms with Gasteiger partial charge in [0.1, 0.15) is 11.6 Å². The van der Waals surface area contributed by atoms with Gasteiger partial charge in [-0.25, -0.2) is 8.78 Å². The van der Waals surface area contributed by atoms with Crippen LogP contribution in [0.5, 0.6) is 0 Å². The minimum atomic E-state index is -0.921. The molecule has 1 amide bonds. The molecule has 2 N–H and O–H groups in total. The Labute approximate surface area is 224 Å². The Kier molecular flexibility index (Phi) is 8.93. The first-order valence-corrected chi connectivity index (χ1v) is 12.8. The van der Waals surface area contributed by atoms with Gasteiger partial charge in [0.15, 0.2) is 0 Å². The molecule has 196 valence electrons. The maximum atomic E-state index is 14.0. The van der Waals surface area contributed by atoms with Crippen molar-refractivity contribution < 1.29 is 23.1 Å². The number of halogens is 2. The smallest absolute Gasteiger partial charge is 0.255 e. The van der Waals surface area contributed by atoms with Crippen molar-refractivity contribution >= 4 is 40.5 Å². The first-order chi connectivity index (χ1) is 18.4. The number of ketones is 1. The van der Waals surface area contributed by atoms with Gasteiger partial charge in [-0.15, -0.1) is 0 Å². The average molecular weight is 536 g/mol. The molecule has 1 fully saturated rings. The van der Waals surface area contributed by atoms with Crippen LogP contribution in [0.25, 0.3) is 0 Å². The quantitative estimate of drug-likeness (QED) is 0.242. The fraction of sp³-hybridized carbons (Fsp3) is 0.172. The molecule has 0 radical (unpaired) electrons. The highest BCUT2D eigenvalue weighted by molar-refractivity contribution is 8.07. The number of ether oxygens (including phenoxy) is 1. The summed E-state index contributed by atoms with van der Waals surface area (Å²) in [5.41, 5.74) is 2.27. The molecule has 0 aliphatic carbocycles. The van der Waals surface area contributed by atoms with Gasteiger partial charge < -0.3 is 20.3 Å². The molecule has 1 saturated heterocycles. The van der Waals surface area contributed by atoms with Gasteiger partial charge in [0.25, 0.3) is 5.91 Å². The lowest BCUT2D eigenvalue weighted by atomic mass is 10.1. The summed E-state index contributed by atoms with van der Waals surface area (Å²) in [7, 11) is 0. The molecule has 0 atom stereocenters. The summed E-state index contributed by atoms with van der Waals surface area (Å²) in [5, 5.41) is 6.30. The van der Waals surface area contributed by atoms with Crippen LogP contribution in [0.3, 0.4) is 0 Å². The summed E-state index contributed by atoms with van der Waals surface area (Å²) in [6.07, 6.45) is 1.48. The van der Waals surface area contributed by atoms with Crippen molar-refractivity contribution in [2.75, 3.05) is 41.8 Å². The molecule has 0 aromatic heterocycles. The zero-order valence-corrected chi connectivity index (χ0v) is 21.6. The van der Waals surface area contributed by atoms with Gasteiger partial charge in [0, 0.05) is 35.7 Å². The van der Waals surface area contributed by atoms with Crippen LogP contribution in [0.2, 0.25) is 0 Å². The van der Waals surface area contributed by atoms with Gasteiger partial charge in [-0.1, -0.05) is 30.5 Å². The normalized spacial score (nSPS) is 13.7. The second-order valence-corrected chi connectivity index (χ2v) is 9.54. The van der Waals surface area contributed by atoms with Crippen LogP contribution in [0, 0.1) is 11.6 Å². The highest BCUT2D eigenvalue weighted by atomic mass is 32.2. The summed E-state index contributed by atoms with van der Waals surface area (Å²) in [6, 6.07) is 17.7. The van der Waals surface area contributed by atoms with E-state index in [-0.39, 0.29) is 10.8 Å². The Bertz CT molecular complexity index is 1330. The summed E-state index contributed by atoms with van der Waals surface area (Å²) < 4.78 is 33.5. The molecule has 1 heterocycles. The molecule has 3 aromatic carbocycles. The summed E-state index contributed by atoms with van der Waals surface area (Å²) >= 11 is 0.966. The van der Waals surface area contributed by atoms with Crippen molar-refractivity contribution in [3.05, 3.63) is 112 Å². The second kappa shape index (κ2) is 12.5. The number of nitrogens with zero attached hydrogens (tertiary/aromatic N) is 1. The van der Waals surface area contributed by atoms with Crippen LogP contribution in [0.4, 0.5) is 25.8 Å². The number of carbonyl (C=O) groups is 2. The maximum Gasteiger partial charge on any atom is 0.255 e. The molecule has 4 rings (SSSR count). The van der Waals surface area contributed by atoms with Crippen molar-refractivity contribution in [2.24, 2.45) is 0 Å². The first-order valence-electron chi connectivity index (χ1n) is 12.0. The fourth-order valence-electron chi connectivity index (χ4n) is 3.88. The molecule has 1 aliphatic rings. The predicted octanol–water partition coefficient (Wildman–Crippen LogP) is 6.46. The number of Topliss-reactive ketones (excluding diaryl/α,β-unsaturated/α-hetero) is 1. The third-order valence-corrected chi connectivity index (χ3v) is 6.83. The molecule has 0 saturated carbocycles. The van der Waals surface area contributed by atoms with E-state index >= 15 is 0 Å². The van der Waals surface area contributed by atoms with Gasteiger partial charge >= 0.3 is 0 Å². The zero-order valence-electron chi connectivity index (χ0n) is 20.8. The molecular formula is C29H27F2N3O3S. The summed E-state index contributed by atoms with van der Waals surface area (Å²) in [4.78, 5) is 27.7. The third-order valence-electron chi connectivity index (χ3n) is 5.84. The summed E-state index contributed by atoms with van der Waals surface area (Å²) in [6.45, 7) is 8.59. The van der Waals surface area contributed by atoms with E-state index in [1.54, 1.807) is 31.2 Å². The highest BCUT2D eigenvalue weighted by Gasteiger charge is 2.21. The number of thioether (sulfide) groups is 1. The number of nitrogens with one attached hydrogen (secondary N) is 2. The summed E-state index contributed by atoms with van der Waals surface area (Å²) in [5.74, 6) is -2.86. The topological polar surface area (TPSA) is 70.7 Å². The lowest BCUT2D eigenvalue weighted by molar-refractivity contribution is 0.102. The minimum absolute atomic E-state index is 0.127. The van der Waals surface area contributed by atoms with Gasteiger partial charge in [-0.3, -0.25) is 9.59 Å². The number of amides is 1. The third kappa shape index (κ3) is 6.67. The molecule has 9 heteroatoms. The van der Waals surface area contributed by atoms with E-state index in [4.69, 9.17) is 4.74 Å². The Morgan fingerprint density at radius 2 is 1.50 bits per heavy atom. The first kappa shape index (κ1) is 27.1. The monoisotopic (exact) mass is 535 g/mol. The number of benzene rings is 3. The lowest BCUT2D eigenvalue weighted by Gasteiger charge is -2.28. The number of rotatable bonds is 9. The van der Waals surface area contributed by atoms with Crippen molar-refractivity contribution in [2.45, 2.75) is 6.92 Å². The SMILES string of the molecule is C=C(Nc1ccc(C(=O)Nc2ccc(N3CCOCC3)cc2)cc1)S/C(=C\C)C(=O)c1c(F)cccc1F. The fourth-order valence-corrected chi connectivity index (χ4v) is 4.63. The molecule has 1 aliphatic heterocycles. The molecular weight excluding hydrogens is 508 g/mol. The number of morpholine rings is 1. The lowest BCUT2D eigenvalue weighted by Crippen LogP contribution is -2.36. The van der Waals surface area contributed by atoms with Crippen LogP contribution in [0.1, 0.15) is 27.6 Å². The highest BCUT2D eigenvalue weighted by Crippen LogP contribution is 2.30. The Balaban J connectivity index is 1.32. The largest absolute Gasteiger partial charge is 0.378 e. The van der Waals surface area contributed by atoms with E-state index in [9.17, 15) is 18.4 Å². The van der Waals surface area contributed by atoms with Crippen molar-refractivity contribution in [3.8, 4) is 0 Å². The van der Waals surface area contributed by atoms with Crippen LogP contribution in [-0.4, -0.2) is 38.0 Å². The van der Waals surface area contributed by atoms with E-state index in [1.807, 2.05) is 24.3 Å². The predicted molar refractivity (Wildman–Crippen MR) is 149 cm³/mol. The standard InChI is InChI=1S/C29H27F2N3O3S/c1-3-26(28(35)27-24(30)5-4-6-25(27)31)38-19(2)32-21-9-7-20(8-10-21)29(36)33-22-11-13-23(14-12-22)34-15-17-37-18-16-34/h3-14,32H,2,15-18H2,1H3,(H,33,36)/b26-3-. The van der Waals surface area contributed by atoms with Crippen molar-refractivity contribution in [1.29, 1.82) is 0 Å². The van der Waals surface area contributed by atoms with E-state index in [1.165, 1.54) is 12.1 Å². The number of carbonyl (C=O) groups excluding carboxylic acids is 2. The Morgan fingerprint density at radius 1 is 0.921 bits per heavy atom. The van der Waals surface area contributed by atoms with Crippen molar-refractivity contribution in [1.82, 2.24) is 0 Å². The molecule has 0 spiro atoms. The molecule has 0 bridgehead atoms. The van der Waals surface area contributed by atoms with Gasteiger partial charge in [-0.2, -0.15) is 0 Å². The maximum absolute atomic E-state index is 14.0. The molecule has 0 unspecified atom stereocenters. The van der Waals surface area contributed by atoms with Crippen LogP contribution in [-0.2, 0) is 4.74 Å². The number of anilines is 3. The Hall–Kier alpha value is -3.95. The number of hydrogen-bond acceptors (Lipinski definition) is 6. The number of hydrogen-bond donors (Lipinski definition) is 2. The van der Waals surface area contributed by atoms with E-state index in [2.05, 4.69) is 22.1 Å². The van der Waals surface area contributed by atoms with Crippen LogP contribution in [0.15, 0.2) is 89.3 Å². The van der Waals surface area contributed by atoms with Crippen LogP contribution < -0.4 is 15.5 Å². The van der Waals surface area contributed by atoms with Gasteiger partial charge in [0.2, 0.25) is 5.78 Å². The molecule has 6 nitrogen and oxygen atoms in total. The van der Waals surface area contributed by atoms with Gasteiger partial charge in [0.05, 0.1) is 28.7 Å². The van der Waals surface area contributed by atoms with E-state index < -0.39 is 23.0 Å². The minimum Gasteiger partial charge on any atom is -0.378 e. The van der Waals surface area contributed by atoms with Gasteiger partial charge in [-0.05, 0) is 67.6 Å². The second-order valence-electron chi connectivity index (χ2n) is 8.41. The van der Waals surface area contributed by atoms with E-state index in [0.29, 0.717) is 35.2 Å². The number of allylic oxidation sites excluding steroid dienone is 2. The van der Waals surface area contributed by atoms with Crippen molar-refractivity contribution in [3.63, 3.8) is 0 Å². The average Bonchev–Trinajstić information content (AvgIpc) is 2.93. The molecule has 38 heavy (non-hydrogen) atoms. The zero-order chi connectivity index (χ0) is 27.1.